The summed E-state index contributed by atoms with van der Waals surface area (Å²) in [4.78, 5) is 17.1. The van der Waals surface area contributed by atoms with Crippen LogP contribution in [0.2, 0.25) is 0 Å². The molecule has 4 aromatic rings. The van der Waals surface area contributed by atoms with Gasteiger partial charge in [0.2, 0.25) is 0 Å². The number of carbonyl (C=O) groups is 1. The summed E-state index contributed by atoms with van der Waals surface area (Å²) in [6, 6.07) is 16.3. The SMILES string of the molecule is COCCOc1cc(CNC(=O)c2ccc(N)cc2)cc(-c2cn3ncccc3n2)c1. The third kappa shape index (κ3) is 4.99. The molecule has 0 unspecified atom stereocenters. The Balaban J connectivity index is 1.58. The number of carbonyl (C=O) groups excluding carboxylic acids is 1. The minimum Gasteiger partial charge on any atom is -0.491 e. The molecule has 8 heteroatoms. The van der Waals surface area contributed by atoms with Crippen LogP contribution < -0.4 is 15.8 Å². The number of nitrogen functional groups attached to an aromatic ring is 1. The van der Waals surface area contributed by atoms with Gasteiger partial charge in [0.05, 0.1) is 18.5 Å². The number of aromatic nitrogens is 3. The Morgan fingerprint density at radius 2 is 1.97 bits per heavy atom. The molecule has 158 valence electrons. The third-order valence-electron chi connectivity index (χ3n) is 4.68. The molecule has 0 saturated heterocycles. The van der Waals surface area contributed by atoms with Crippen molar-refractivity contribution in [1.82, 2.24) is 19.9 Å². The Morgan fingerprint density at radius 3 is 2.74 bits per heavy atom. The van der Waals surface area contributed by atoms with Crippen LogP contribution >= 0.6 is 0 Å². The Labute approximate surface area is 179 Å². The molecule has 2 heterocycles. The summed E-state index contributed by atoms with van der Waals surface area (Å²) in [7, 11) is 1.63. The van der Waals surface area contributed by atoms with Crippen molar-refractivity contribution in [3.05, 3.63) is 78.1 Å². The van der Waals surface area contributed by atoms with Crippen LogP contribution in [-0.2, 0) is 11.3 Å². The van der Waals surface area contributed by atoms with Gasteiger partial charge in [-0.05, 0) is 60.2 Å². The van der Waals surface area contributed by atoms with Gasteiger partial charge in [-0.1, -0.05) is 0 Å². The van der Waals surface area contributed by atoms with E-state index in [9.17, 15) is 4.79 Å². The largest absolute Gasteiger partial charge is 0.491 e. The van der Waals surface area contributed by atoms with Crippen LogP contribution in [0.15, 0.2) is 67.0 Å². The summed E-state index contributed by atoms with van der Waals surface area (Å²) in [5, 5.41) is 7.21. The van der Waals surface area contributed by atoms with Crippen LogP contribution in [0.3, 0.4) is 0 Å². The van der Waals surface area contributed by atoms with Gasteiger partial charge in [-0.15, -0.1) is 0 Å². The molecule has 0 aliphatic rings. The second-order valence-corrected chi connectivity index (χ2v) is 6.96. The van der Waals surface area contributed by atoms with Crippen LogP contribution in [0.1, 0.15) is 15.9 Å². The van der Waals surface area contributed by atoms with Gasteiger partial charge in [0.15, 0.2) is 5.65 Å². The van der Waals surface area contributed by atoms with E-state index in [0.29, 0.717) is 36.8 Å². The van der Waals surface area contributed by atoms with Crippen LogP contribution in [0.5, 0.6) is 5.75 Å². The van der Waals surface area contributed by atoms with Gasteiger partial charge in [0.1, 0.15) is 12.4 Å². The maximum absolute atomic E-state index is 12.5. The highest BCUT2D eigenvalue weighted by Gasteiger charge is 2.11. The quantitative estimate of drug-likeness (QED) is 0.337. The number of imidazole rings is 1. The smallest absolute Gasteiger partial charge is 0.251 e. The molecule has 2 aromatic carbocycles. The van der Waals surface area contributed by atoms with Crippen molar-refractivity contribution < 1.29 is 14.3 Å². The topological polar surface area (TPSA) is 104 Å². The van der Waals surface area contributed by atoms with E-state index in [1.54, 1.807) is 42.1 Å². The van der Waals surface area contributed by atoms with E-state index in [-0.39, 0.29) is 5.91 Å². The van der Waals surface area contributed by atoms with Gasteiger partial charge in [-0.25, -0.2) is 9.50 Å². The zero-order valence-electron chi connectivity index (χ0n) is 17.1. The van der Waals surface area contributed by atoms with Gasteiger partial charge in [0, 0.05) is 36.7 Å². The fourth-order valence-corrected chi connectivity index (χ4v) is 3.13. The second kappa shape index (κ2) is 9.27. The molecular weight excluding hydrogens is 394 g/mol. The Hall–Kier alpha value is -3.91. The lowest BCUT2D eigenvalue weighted by atomic mass is 10.1. The third-order valence-corrected chi connectivity index (χ3v) is 4.68. The van der Waals surface area contributed by atoms with E-state index in [2.05, 4.69) is 15.4 Å². The zero-order chi connectivity index (χ0) is 21.6. The average Bonchev–Trinajstić information content (AvgIpc) is 3.22. The standard InChI is InChI=1S/C23H23N5O3/c1-30-9-10-31-20-12-16(14-25-23(29)17-4-6-19(24)7-5-17)11-18(13-20)21-15-28-22(27-21)3-2-8-26-28/h2-8,11-13,15H,9-10,14,24H2,1H3,(H,25,29). The van der Waals surface area contributed by atoms with Crippen molar-refractivity contribution in [3.63, 3.8) is 0 Å². The predicted molar refractivity (Wildman–Crippen MR) is 118 cm³/mol. The number of nitrogens with two attached hydrogens (primary N) is 1. The molecule has 31 heavy (non-hydrogen) atoms. The molecule has 0 aliphatic carbocycles. The number of hydrogen-bond donors (Lipinski definition) is 2. The molecular formula is C23H23N5O3. The van der Waals surface area contributed by atoms with E-state index in [0.717, 1.165) is 22.5 Å². The number of benzene rings is 2. The van der Waals surface area contributed by atoms with Gasteiger partial charge in [-0.2, -0.15) is 5.10 Å². The fourth-order valence-electron chi connectivity index (χ4n) is 3.13. The maximum atomic E-state index is 12.5. The molecule has 4 rings (SSSR count). The molecule has 2 aromatic heterocycles. The lowest BCUT2D eigenvalue weighted by Gasteiger charge is -2.11. The van der Waals surface area contributed by atoms with E-state index in [1.807, 2.05) is 36.5 Å². The second-order valence-electron chi connectivity index (χ2n) is 6.96. The van der Waals surface area contributed by atoms with Gasteiger partial charge in [-0.3, -0.25) is 4.79 Å². The predicted octanol–water partition coefficient (Wildman–Crippen LogP) is 2.93. The monoisotopic (exact) mass is 417 g/mol. The van der Waals surface area contributed by atoms with Crippen LogP contribution in [0, 0.1) is 0 Å². The number of hydrogen-bond acceptors (Lipinski definition) is 6. The number of methoxy groups -OCH3 is 1. The summed E-state index contributed by atoms with van der Waals surface area (Å²) in [6.45, 7) is 1.24. The number of rotatable bonds is 8. The Bertz CT molecular complexity index is 1150. The van der Waals surface area contributed by atoms with Crippen molar-refractivity contribution in [2.75, 3.05) is 26.1 Å². The molecule has 8 nitrogen and oxygen atoms in total. The van der Waals surface area contributed by atoms with Crippen LogP contribution in [0.25, 0.3) is 16.9 Å². The van der Waals surface area contributed by atoms with Crippen molar-refractivity contribution in [3.8, 4) is 17.0 Å². The molecule has 0 atom stereocenters. The van der Waals surface area contributed by atoms with E-state index >= 15 is 0 Å². The van der Waals surface area contributed by atoms with E-state index < -0.39 is 0 Å². The van der Waals surface area contributed by atoms with Gasteiger partial charge in [0.25, 0.3) is 5.91 Å². The van der Waals surface area contributed by atoms with Crippen molar-refractivity contribution >= 4 is 17.2 Å². The first-order valence-corrected chi connectivity index (χ1v) is 9.82. The van der Waals surface area contributed by atoms with E-state index in [4.69, 9.17) is 15.2 Å². The highest BCUT2D eigenvalue weighted by molar-refractivity contribution is 5.94. The van der Waals surface area contributed by atoms with Crippen molar-refractivity contribution in [2.45, 2.75) is 6.54 Å². The molecule has 0 aliphatic heterocycles. The summed E-state index contributed by atoms with van der Waals surface area (Å²) in [6.07, 6.45) is 3.57. The van der Waals surface area contributed by atoms with Crippen LogP contribution in [-0.4, -0.2) is 40.8 Å². The minimum atomic E-state index is -0.177. The summed E-state index contributed by atoms with van der Waals surface area (Å²) in [5.41, 5.74) is 10.1. The number of nitrogens with one attached hydrogen (secondary N) is 1. The number of nitrogens with zero attached hydrogens (tertiary/aromatic N) is 3. The normalized spacial score (nSPS) is 10.9. The van der Waals surface area contributed by atoms with Crippen molar-refractivity contribution in [1.29, 1.82) is 0 Å². The summed E-state index contributed by atoms with van der Waals surface area (Å²) < 4.78 is 12.6. The number of amides is 1. The first kappa shape index (κ1) is 20.4. The lowest BCUT2D eigenvalue weighted by Crippen LogP contribution is -2.22. The molecule has 0 spiro atoms. The molecule has 1 amide bonds. The minimum absolute atomic E-state index is 0.177. The van der Waals surface area contributed by atoms with Gasteiger partial charge < -0.3 is 20.5 Å². The Kier molecular flexibility index (Phi) is 6.09. The fraction of sp³-hybridized carbons (Fsp3) is 0.174. The number of anilines is 1. The summed E-state index contributed by atoms with van der Waals surface area (Å²) >= 11 is 0. The lowest BCUT2D eigenvalue weighted by molar-refractivity contribution is 0.0951. The average molecular weight is 417 g/mol. The number of fused-ring (bicyclic) bond motifs is 1. The molecule has 0 saturated carbocycles. The molecule has 0 bridgehead atoms. The molecule has 0 fully saturated rings. The highest BCUT2D eigenvalue weighted by Crippen LogP contribution is 2.26. The summed E-state index contributed by atoms with van der Waals surface area (Å²) in [5.74, 6) is 0.500. The van der Waals surface area contributed by atoms with E-state index in [1.165, 1.54) is 0 Å². The Morgan fingerprint density at radius 1 is 1.13 bits per heavy atom. The van der Waals surface area contributed by atoms with Gasteiger partial charge >= 0.3 is 0 Å². The highest BCUT2D eigenvalue weighted by atomic mass is 16.5. The zero-order valence-corrected chi connectivity index (χ0v) is 17.1. The molecule has 0 radical (unpaired) electrons. The molecule has 3 N–H and O–H groups in total. The number of ether oxygens (including phenoxy) is 2. The van der Waals surface area contributed by atoms with Crippen molar-refractivity contribution in [2.24, 2.45) is 0 Å². The van der Waals surface area contributed by atoms with Crippen LogP contribution in [0.4, 0.5) is 5.69 Å². The first-order valence-electron chi connectivity index (χ1n) is 9.82. The first-order chi connectivity index (χ1) is 15.1. The maximum Gasteiger partial charge on any atom is 0.251 e.